The summed E-state index contributed by atoms with van der Waals surface area (Å²) < 4.78 is 46.6. The number of aromatic carboxylic acids is 1. The van der Waals surface area contributed by atoms with Gasteiger partial charge >= 0.3 is 12.1 Å². The predicted molar refractivity (Wildman–Crippen MR) is 132 cm³/mol. The quantitative estimate of drug-likeness (QED) is 0.491. The van der Waals surface area contributed by atoms with Crippen molar-refractivity contribution >= 4 is 33.7 Å². The third kappa shape index (κ3) is 7.52. The summed E-state index contributed by atoms with van der Waals surface area (Å²) in [6, 6.07) is 4.27. The van der Waals surface area contributed by atoms with E-state index in [9.17, 15) is 27.5 Å². The van der Waals surface area contributed by atoms with E-state index in [1.165, 1.54) is 37.0 Å². The van der Waals surface area contributed by atoms with Gasteiger partial charge in [0.2, 0.25) is 10.0 Å². The third-order valence-electron chi connectivity index (χ3n) is 4.86. The van der Waals surface area contributed by atoms with Gasteiger partial charge < -0.3 is 15.2 Å². The first-order chi connectivity index (χ1) is 16.5. The van der Waals surface area contributed by atoms with Gasteiger partial charge in [-0.3, -0.25) is 4.68 Å². The monoisotopic (exact) mass is 544 g/mol. The zero-order chi connectivity index (χ0) is 27.4. The Labute approximate surface area is 214 Å². The molecule has 36 heavy (non-hydrogen) atoms. The molecule has 0 aliphatic carbocycles. The van der Waals surface area contributed by atoms with Crippen molar-refractivity contribution in [2.24, 2.45) is 0 Å². The summed E-state index contributed by atoms with van der Waals surface area (Å²) in [5.74, 6) is -1.96. The number of nitrogens with one attached hydrogen (secondary N) is 1. The minimum Gasteiger partial charge on any atom is -0.477 e. The molecule has 0 spiro atoms. The number of carboxylic acids is 1. The summed E-state index contributed by atoms with van der Waals surface area (Å²) in [5.41, 5.74) is 0.0871. The van der Waals surface area contributed by atoms with Crippen molar-refractivity contribution in [2.75, 3.05) is 20.6 Å². The minimum atomic E-state index is -3.75. The Bertz CT molecular complexity index is 1280. The Morgan fingerprint density at radius 3 is 2.47 bits per heavy atom. The number of aromatic nitrogens is 2. The van der Waals surface area contributed by atoms with E-state index in [-0.39, 0.29) is 40.7 Å². The maximum atomic E-state index is 14.6. The largest absolute Gasteiger partial charge is 0.477 e. The lowest BCUT2D eigenvalue weighted by Gasteiger charge is -2.19. The highest BCUT2D eigenvalue weighted by atomic mass is 35.5. The number of carboxylic acid groups (broad SMARTS) is 1. The van der Waals surface area contributed by atoms with E-state index in [0.717, 1.165) is 10.4 Å². The van der Waals surface area contributed by atoms with Crippen LogP contribution in [0.4, 0.5) is 9.18 Å². The number of allylic oxidation sites excluding steroid dienone is 1. The van der Waals surface area contributed by atoms with Gasteiger partial charge in [-0.05, 0) is 51.5 Å². The molecule has 0 saturated carbocycles. The van der Waals surface area contributed by atoms with Crippen LogP contribution in [0.15, 0.2) is 35.0 Å². The number of aryl methyl sites for hydroxylation is 1. The lowest BCUT2D eigenvalue weighted by molar-refractivity contribution is 0.0533. The number of sulfonamides is 1. The lowest BCUT2D eigenvalue weighted by Crippen LogP contribution is -2.32. The van der Waals surface area contributed by atoms with Gasteiger partial charge in [0, 0.05) is 32.6 Å². The maximum absolute atomic E-state index is 14.6. The zero-order valence-electron chi connectivity index (χ0n) is 20.9. The molecule has 13 heteroatoms. The van der Waals surface area contributed by atoms with Crippen LogP contribution in [0.1, 0.15) is 48.1 Å². The standard InChI is InChI=1S/C23H30ClFN4O6S/c1-14-17(12-16(25)9-10-26-22(32)35-23(2,3)4)20(21(30)31)29(27-14)13-15-7-8-19(18(24)11-15)36(33,34)28(5)6/h7-9,11H,10,12-13H2,1-6H3,(H,26,32)(H,30,31)/b16-9-. The second kappa shape index (κ2) is 11.4. The molecule has 0 aliphatic heterocycles. The number of hydrogen-bond donors (Lipinski definition) is 2. The first-order valence-electron chi connectivity index (χ1n) is 10.8. The number of amides is 1. The van der Waals surface area contributed by atoms with Gasteiger partial charge in [-0.1, -0.05) is 17.7 Å². The summed E-state index contributed by atoms with van der Waals surface area (Å²) in [7, 11) is -0.989. The van der Waals surface area contributed by atoms with Crippen molar-refractivity contribution in [1.29, 1.82) is 0 Å². The van der Waals surface area contributed by atoms with Crippen LogP contribution in [-0.2, 0) is 27.7 Å². The Hall–Kier alpha value is -2.96. The normalized spacial score (nSPS) is 12.6. The summed E-state index contributed by atoms with van der Waals surface area (Å²) in [6.45, 7) is 6.48. The molecule has 0 unspecified atom stereocenters. The Morgan fingerprint density at radius 1 is 1.31 bits per heavy atom. The zero-order valence-corrected chi connectivity index (χ0v) is 22.5. The fourth-order valence-corrected chi connectivity index (χ4v) is 4.64. The maximum Gasteiger partial charge on any atom is 0.407 e. The third-order valence-corrected chi connectivity index (χ3v) is 7.15. The number of carbonyl (C=O) groups excluding carboxylic acids is 1. The van der Waals surface area contributed by atoms with Crippen LogP contribution in [-0.4, -0.2) is 65.9 Å². The van der Waals surface area contributed by atoms with Crippen LogP contribution < -0.4 is 5.32 Å². The molecule has 0 aliphatic rings. The van der Waals surface area contributed by atoms with E-state index < -0.39 is 33.5 Å². The minimum absolute atomic E-state index is 0.0198. The van der Waals surface area contributed by atoms with Crippen LogP contribution in [0.2, 0.25) is 5.02 Å². The molecule has 2 aromatic rings. The molecule has 1 amide bonds. The summed E-state index contributed by atoms with van der Waals surface area (Å²) >= 11 is 6.19. The number of halogens is 2. The molecule has 1 heterocycles. The van der Waals surface area contributed by atoms with E-state index in [1.807, 2.05) is 0 Å². The highest BCUT2D eigenvalue weighted by Crippen LogP contribution is 2.26. The lowest BCUT2D eigenvalue weighted by atomic mass is 10.1. The number of benzene rings is 1. The van der Waals surface area contributed by atoms with Gasteiger partial charge in [0.05, 0.1) is 17.3 Å². The fraction of sp³-hybridized carbons (Fsp3) is 0.435. The second-order valence-corrected chi connectivity index (χ2v) is 11.7. The topological polar surface area (TPSA) is 131 Å². The highest BCUT2D eigenvalue weighted by molar-refractivity contribution is 7.89. The van der Waals surface area contributed by atoms with Crippen LogP contribution >= 0.6 is 11.6 Å². The van der Waals surface area contributed by atoms with Crippen molar-refractivity contribution in [1.82, 2.24) is 19.4 Å². The first-order valence-corrected chi connectivity index (χ1v) is 12.7. The summed E-state index contributed by atoms with van der Waals surface area (Å²) in [5, 5.41) is 16.4. The van der Waals surface area contributed by atoms with Gasteiger partial charge in [0.25, 0.3) is 0 Å². The fourth-order valence-electron chi connectivity index (χ4n) is 3.21. The van der Waals surface area contributed by atoms with Crippen molar-refractivity contribution < 1.29 is 32.2 Å². The van der Waals surface area contributed by atoms with Crippen LogP contribution in [0.5, 0.6) is 0 Å². The van der Waals surface area contributed by atoms with E-state index in [4.69, 9.17) is 16.3 Å². The number of carbonyl (C=O) groups is 2. The van der Waals surface area contributed by atoms with Gasteiger partial charge in [-0.2, -0.15) is 5.10 Å². The molecule has 10 nitrogen and oxygen atoms in total. The smallest absolute Gasteiger partial charge is 0.407 e. The van der Waals surface area contributed by atoms with Gasteiger partial charge in [-0.25, -0.2) is 26.7 Å². The van der Waals surface area contributed by atoms with E-state index in [2.05, 4.69) is 10.4 Å². The molecule has 1 aromatic carbocycles. The average molecular weight is 545 g/mol. The number of nitrogens with zero attached hydrogens (tertiary/aromatic N) is 3. The second-order valence-electron chi connectivity index (χ2n) is 9.14. The van der Waals surface area contributed by atoms with Gasteiger partial charge in [0.15, 0.2) is 5.69 Å². The van der Waals surface area contributed by atoms with Crippen LogP contribution in [0.3, 0.4) is 0 Å². The SMILES string of the molecule is Cc1nn(Cc2ccc(S(=O)(=O)N(C)C)c(Cl)c2)c(C(=O)O)c1C/C(F)=C/CNC(=O)OC(C)(C)C. The average Bonchev–Trinajstić information content (AvgIpc) is 3.01. The van der Waals surface area contributed by atoms with Gasteiger partial charge in [-0.15, -0.1) is 0 Å². The van der Waals surface area contributed by atoms with Gasteiger partial charge in [0.1, 0.15) is 16.3 Å². The first kappa shape index (κ1) is 29.3. The van der Waals surface area contributed by atoms with Crippen LogP contribution in [0.25, 0.3) is 0 Å². The molecule has 1 aromatic heterocycles. The molecular formula is C23H30ClFN4O6S. The molecule has 2 N–H and O–H groups in total. The number of rotatable bonds is 9. The number of alkyl carbamates (subject to hydrolysis) is 1. The Morgan fingerprint density at radius 2 is 1.94 bits per heavy atom. The van der Waals surface area contributed by atoms with Crippen molar-refractivity contribution in [3.05, 3.63) is 57.6 Å². The molecular weight excluding hydrogens is 515 g/mol. The molecule has 0 atom stereocenters. The Kier molecular flexibility index (Phi) is 9.27. The molecule has 2 rings (SSSR count). The van der Waals surface area contributed by atoms with E-state index in [1.54, 1.807) is 27.7 Å². The van der Waals surface area contributed by atoms with Crippen LogP contribution in [0, 0.1) is 6.92 Å². The summed E-state index contributed by atoms with van der Waals surface area (Å²) in [4.78, 5) is 23.6. The predicted octanol–water partition coefficient (Wildman–Crippen LogP) is 3.76. The molecule has 0 saturated heterocycles. The van der Waals surface area contributed by atoms with Crippen molar-refractivity contribution in [2.45, 2.75) is 51.2 Å². The number of hydrogen-bond acceptors (Lipinski definition) is 6. The molecule has 0 radical (unpaired) electrons. The highest BCUT2D eigenvalue weighted by Gasteiger charge is 2.24. The van der Waals surface area contributed by atoms with E-state index in [0.29, 0.717) is 11.3 Å². The van der Waals surface area contributed by atoms with Crippen molar-refractivity contribution in [3.63, 3.8) is 0 Å². The number of ether oxygens (including phenoxy) is 1. The Balaban J connectivity index is 2.24. The molecule has 0 fully saturated rings. The van der Waals surface area contributed by atoms with Crippen molar-refractivity contribution in [3.8, 4) is 0 Å². The van der Waals surface area contributed by atoms with E-state index >= 15 is 0 Å². The summed E-state index contributed by atoms with van der Waals surface area (Å²) in [6.07, 6.45) is 0.0742. The molecule has 198 valence electrons. The molecule has 0 bridgehead atoms.